The third-order valence-corrected chi connectivity index (χ3v) is 1.87. The topological polar surface area (TPSA) is 93.3 Å². The Bertz CT molecular complexity index is 392. The Morgan fingerprint density at radius 1 is 1.57 bits per heavy atom. The molecule has 0 saturated carbocycles. The molecule has 0 atom stereocenters. The van der Waals surface area contributed by atoms with Crippen LogP contribution in [-0.4, -0.2) is 22.0 Å². The average molecular weight is 215 g/mol. The van der Waals surface area contributed by atoms with E-state index in [4.69, 9.17) is 22.4 Å². The highest BCUT2D eigenvalue weighted by Gasteiger charge is 2.16. The van der Waals surface area contributed by atoms with Crippen molar-refractivity contribution in [1.29, 1.82) is 0 Å². The van der Waals surface area contributed by atoms with Crippen LogP contribution in [0.4, 0.5) is 0 Å². The fourth-order valence-corrected chi connectivity index (χ4v) is 1.09. The van der Waals surface area contributed by atoms with Gasteiger partial charge < -0.3 is 10.8 Å². The molecule has 0 aliphatic carbocycles. The molecule has 1 aromatic heterocycles. The van der Waals surface area contributed by atoms with E-state index in [1.807, 2.05) is 0 Å². The molecule has 5 nitrogen and oxygen atoms in total. The molecule has 1 aromatic rings. The second kappa shape index (κ2) is 4.06. The predicted molar refractivity (Wildman–Crippen MR) is 49.3 cm³/mol. The van der Waals surface area contributed by atoms with Gasteiger partial charge in [-0.05, 0) is 11.6 Å². The van der Waals surface area contributed by atoms with E-state index in [-0.39, 0.29) is 17.1 Å². The summed E-state index contributed by atoms with van der Waals surface area (Å²) in [6.45, 7) is 0. The van der Waals surface area contributed by atoms with E-state index in [0.717, 1.165) is 0 Å². The Morgan fingerprint density at radius 3 is 2.64 bits per heavy atom. The van der Waals surface area contributed by atoms with Gasteiger partial charge in [0.2, 0.25) is 0 Å². The number of rotatable bonds is 3. The molecule has 3 N–H and O–H groups in total. The molecule has 74 valence electrons. The Kier molecular flexibility index (Phi) is 3.03. The number of alkyl halides is 1. The van der Waals surface area contributed by atoms with Crippen molar-refractivity contribution in [2.45, 2.75) is 5.88 Å². The molecule has 1 rings (SSSR count). The van der Waals surface area contributed by atoms with Crippen molar-refractivity contribution < 1.29 is 14.7 Å². The molecule has 0 spiro atoms. The minimum atomic E-state index is -1.25. The number of pyridine rings is 1. The van der Waals surface area contributed by atoms with Crippen molar-refractivity contribution in [3.63, 3.8) is 0 Å². The summed E-state index contributed by atoms with van der Waals surface area (Å²) < 4.78 is 0. The number of nitrogens with two attached hydrogens (primary N) is 1. The van der Waals surface area contributed by atoms with Crippen LogP contribution in [0.15, 0.2) is 12.3 Å². The van der Waals surface area contributed by atoms with Gasteiger partial charge in [0, 0.05) is 12.1 Å². The number of aromatic nitrogens is 1. The first-order valence-electron chi connectivity index (χ1n) is 3.64. The van der Waals surface area contributed by atoms with Crippen LogP contribution < -0.4 is 5.73 Å². The molecule has 0 aliphatic rings. The van der Waals surface area contributed by atoms with E-state index in [2.05, 4.69) is 4.98 Å². The molecular formula is C8H7ClN2O3. The number of primary amides is 1. The molecule has 0 radical (unpaired) electrons. The van der Waals surface area contributed by atoms with Crippen LogP contribution in [0, 0.1) is 0 Å². The lowest BCUT2D eigenvalue weighted by molar-refractivity contribution is 0.0691. The maximum atomic E-state index is 10.8. The third kappa shape index (κ3) is 2.00. The highest BCUT2D eigenvalue weighted by molar-refractivity contribution is 6.17. The number of hydrogen-bond acceptors (Lipinski definition) is 3. The van der Waals surface area contributed by atoms with E-state index in [0.29, 0.717) is 5.56 Å². The van der Waals surface area contributed by atoms with Crippen molar-refractivity contribution >= 4 is 23.5 Å². The minimum Gasteiger partial charge on any atom is -0.478 e. The molecule has 1 heterocycles. The van der Waals surface area contributed by atoms with Crippen LogP contribution >= 0.6 is 11.6 Å². The smallest absolute Gasteiger partial charge is 0.338 e. The first-order chi connectivity index (χ1) is 6.56. The predicted octanol–water partition coefficient (Wildman–Crippen LogP) is 0.617. The van der Waals surface area contributed by atoms with Crippen molar-refractivity contribution in [3.8, 4) is 0 Å². The zero-order valence-corrected chi connectivity index (χ0v) is 7.78. The Hall–Kier alpha value is -1.62. The van der Waals surface area contributed by atoms with Gasteiger partial charge in [-0.1, -0.05) is 0 Å². The van der Waals surface area contributed by atoms with Gasteiger partial charge in [-0.25, -0.2) is 9.78 Å². The summed E-state index contributed by atoms with van der Waals surface area (Å²) in [5, 5.41) is 8.74. The van der Waals surface area contributed by atoms with E-state index in [9.17, 15) is 9.59 Å². The minimum absolute atomic E-state index is 0.131. The molecule has 0 aliphatic heterocycles. The average Bonchev–Trinajstić information content (AvgIpc) is 2.16. The number of amides is 1. The van der Waals surface area contributed by atoms with Crippen LogP contribution in [0.1, 0.15) is 26.4 Å². The Balaban J connectivity index is 3.31. The summed E-state index contributed by atoms with van der Waals surface area (Å²) in [6.07, 6.45) is 1.32. The number of nitrogens with zero attached hydrogens (tertiary/aromatic N) is 1. The third-order valence-electron chi connectivity index (χ3n) is 1.56. The number of carboxylic acid groups (broad SMARTS) is 1. The van der Waals surface area contributed by atoms with Crippen LogP contribution in [0.3, 0.4) is 0 Å². The molecule has 0 saturated heterocycles. The van der Waals surface area contributed by atoms with Gasteiger partial charge in [-0.15, -0.1) is 11.6 Å². The SMILES string of the molecule is NC(=O)c1ncc(CCl)cc1C(=O)O. The maximum Gasteiger partial charge on any atom is 0.338 e. The molecular weight excluding hydrogens is 208 g/mol. The van der Waals surface area contributed by atoms with Gasteiger partial charge in [0.25, 0.3) is 5.91 Å². The number of hydrogen-bond donors (Lipinski definition) is 2. The highest BCUT2D eigenvalue weighted by atomic mass is 35.5. The highest BCUT2D eigenvalue weighted by Crippen LogP contribution is 2.10. The number of aromatic carboxylic acids is 1. The van der Waals surface area contributed by atoms with E-state index >= 15 is 0 Å². The molecule has 1 amide bonds. The van der Waals surface area contributed by atoms with E-state index in [1.165, 1.54) is 12.3 Å². The number of halogens is 1. The van der Waals surface area contributed by atoms with Gasteiger partial charge in [-0.3, -0.25) is 4.79 Å². The maximum absolute atomic E-state index is 10.8. The first-order valence-corrected chi connectivity index (χ1v) is 4.17. The fourth-order valence-electron chi connectivity index (χ4n) is 0.940. The standard InChI is InChI=1S/C8H7ClN2O3/c9-2-4-1-5(8(13)14)6(7(10)12)11-3-4/h1,3H,2H2,(H2,10,12)(H,13,14). The van der Waals surface area contributed by atoms with Gasteiger partial charge >= 0.3 is 5.97 Å². The summed E-state index contributed by atoms with van der Waals surface area (Å²) in [4.78, 5) is 25.1. The van der Waals surface area contributed by atoms with Gasteiger partial charge in [0.15, 0.2) is 0 Å². The first kappa shape index (κ1) is 10.5. The quantitative estimate of drug-likeness (QED) is 0.722. The van der Waals surface area contributed by atoms with Crippen molar-refractivity contribution in [1.82, 2.24) is 4.98 Å². The lowest BCUT2D eigenvalue weighted by atomic mass is 10.1. The normalized spacial score (nSPS) is 9.79. The monoisotopic (exact) mass is 214 g/mol. The molecule has 0 bridgehead atoms. The van der Waals surface area contributed by atoms with Crippen LogP contribution in [-0.2, 0) is 5.88 Å². The zero-order valence-electron chi connectivity index (χ0n) is 7.03. The lowest BCUT2D eigenvalue weighted by Gasteiger charge is -2.02. The van der Waals surface area contributed by atoms with Crippen molar-refractivity contribution in [2.24, 2.45) is 5.73 Å². The number of carbonyl (C=O) groups excluding carboxylic acids is 1. The summed E-state index contributed by atoms with van der Waals surface area (Å²) in [5.41, 5.74) is 4.98. The van der Waals surface area contributed by atoms with Crippen LogP contribution in [0.25, 0.3) is 0 Å². The Morgan fingerprint density at radius 2 is 2.21 bits per heavy atom. The second-order valence-electron chi connectivity index (χ2n) is 2.54. The molecule has 0 aromatic carbocycles. The summed E-state index contributed by atoms with van der Waals surface area (Å²) in [5.74, 6) is -1.99. The van der Waals surface area contributed by atoms with Crippen LogP contribution in [0.5, 0.6) is 0 Å². The largest absolute Gasteiger partial charge is 0.478 e. The zero-order chi connectivity index (χ0) is 10.7. The second-order valence-corrected chi connectivity index (χ2v) is 2.81. The lowest BCUT2D eigenvalue weighted by Crippen LogP contribution is -2.18. The van der Waals surface area contributed by atoms with Crippen LogP contribution in [0.2, 0.25) is 0 Å². The van der Waals surface area contributed by atoms with Gasteiger partial charge in [-0.2, -0.15) is 0 Å². The molecule has 6 heteroatoms. The van der Waals surface area contributed by atoms with Crippen molar-refractivity contribution in [3.05, 3.63) is 29.1 Å². The fraction of sp³-hybridized carbons (Fsp3) is 0.125. The number of carboxylic acids is 1. The van der Waals surface area contributed by atoms with Gasteiger partial charge in [0.05, 0.1) is 5.56 Å². The van der Waals surface area contributed by atoms with Gasteiger partial charge in [0.1, 0.15) is 5.69 Å². The summed E-state index contributed by atoms with van der Waals surface area (Å²) in [6, 6.07) is 1.28. The van der Waals surface area contributed by atoms with E-state index in [1.54, 1.807) is 0 Å². The number of carbonyl (C=O) groups is 2. The Labute approximate surface area is 84.5 Å². The summed E-state index contributed by atoms with van der Waals surface area (Å²) in [7, 11) is 0. The molecule has 0 fully saturated rings. The van der Waals surface area contributed by atoms with Crippen molar-refractivity contribution in [2.75, 3.05) is 0 Å². The van der Waals surface area contributed by atoms with E-state index < -0.39 is 11.9 Å². The molecule has 0 unspecified atom stereocenters. The molecule has 14 heavy (non-hydrogen) atoms. The summed E-state index contributed by atoms with van der Waals surface area (Å²) >= 11 is 5.49.